The first-order chi connectivity index (χ1) is 4.74. The molecule has 2 nitrogen and oxygen atoms in total. The molecule has 4 heteroatoms. The molecule has 0 atom stereocenters. The normalized spacial score (nSPS) is 9.40. The smallest absolute Gasteiger partial charge is 0.130 e. The molecular formula is C6H5BBrNO. The zero-order chi connectivity index (χ0) is 7.56. The van der Waals surface area contributed by atoms with E-state index in [1.54, 1.807) is 19.4 Å². The Morgan fingerprint density at radius 2 is 2.40 bits per heavy atom. The highest BCUT2D eigenvalue weighted by Gasteiger charge is 1.96. The van der Waals surface area contributed by atoms with Crippen molar-refractivity contribution in [1.29, 1.82) is 0 Å². The minimum absolute atomic E-state index is 0.587. The van der Waals surface area contributed by atoms with Gasteiger partial charge in [0, 0.05) is 0 Å². The van der Waals surface area contributed by atoms with E-state index in [0.717, 1.165) is 0 Å². The summed E-state index contributed by atoms with van der Waals surface area (Å²) in [5, 5.41) is 0. The Morgan fingerprint density at radius 3 is 2.90 bits per heavy atom. The third kappa shape index (κ3) is 1.50. The van der Waals surface area contributed by atoms with E-state index in [9.17, 15) is 0 Å². The number of pyridine rings is 1. The SMILES string of the molecule is [B]c1cc(Br)ncc1OC. The first-order valence-electron chi connectivity index (χ1n) is 2.69. The average molecular weight is 198 g/mol. The maximum Gasteiger partial charge on any atom is 0.130 e. The highest BCUT2D eigenvalue weighted by molar-refractivity contribution is 9.10. The van der Waals surface area contributed by atoms with Crippen molar-refractivity contribution in [1.82, 2.24) is 4.98 Å². The van der Waals surface area contributed by atoms with Crippen LogP contribution in [0.1, 0.15) is 0 Å². The number of nitrogens with zero attached hydrogens (tertiary/aromatic N) is 1. The van der Waals surface area contributed by atoms with Crippen LogP contribution in [0.2, 0.25) is 0 Å². The number of hydrogen-bond donors (Lipinski definition) is 0. The molecule has 1 rings (SSSR count). The molecule has 0 bridgehead atoms. The lowest BCUT2D eigenvalue weighted by molar-refractivity contribution is 0.416. The van der Waals surface area contributed by atoms with Crippen molar-refractivity contribution < 1.29 is 4.74 Å². The van der Waals surface area contributed by atoms with Gasteiger partial charge in [-0.3, -0.25) is 0 Å². The lowest BCUT2D eigenvalue weighted by atomic mass is 9.97. The maximum absolute atomic E-state index is 5.54. The summed E-state index contributed by atoms with van der Waals surface area (Å²) in [6.45, 7) is 0. The van der Waals surface area contributed by atoms with Crippen molar-refractivity contribution in [2.24, 2.45) is 0 Å². The minimum Gasteiger partial charge on any atom is -0.496 e. The minimum atomic E-state index is 0.587. The van der Waals surface area contributed by atoms with Gasteiger partial charge < -0.3 is 4.74 Å². The second kappa shape index (κ2) is 3.06. The van der Waals surface area contributed by atoms with E-state index in [0.29, 0.717) is 15.8 Å². The van der Waals surface area contributed by atoms with Crippen LogP contribution in [0.5, 0.6) is 5.75 Å². The summed E-state index contributed by atoms with van der Waals surface area (Å²) in [6.07, 6.45) is 1.57. The van der Waals surface area contributed by atoms with Crippen LogP contribution in [0.4, 0.5) is 0 Å². The lowest BCUT2D eigenvalue weighted by Crippen LogP contribution is -2.07. The fourth-order valence-electron chi connectivity index (χ4n) is 0.602. The summed E-state index contributed by atoms with van der Waals surface area (Å²) in [5.41, 5.74) is 0.587. The largest absolute Gasteiger partial charge is 0.496 e. The highest BCUT2D eigenvalue weighted by Crippen LogP contribution is 2.08. The lowest BCUT2D eigenvalue weighted by Gasteiger charge is -2.02. The molecular weight excluding hydrogens is 193 g/mol. The Kier molecular flexibility index (Phi) is 2.32. The van der Waals surface area contributed by atoms with Crippen LogP contribution in [0, 0.1) is 0 Å². The topological polar surface area (TPSA) is 22.1 Å². The molecule has 0 fully saturated rings. The van der Waals surface area contributed by atoms with Crippen LogP contribution >= 0.6 is 15.9 Å². The van der Waals surface area contributed by atoms with Gasteiger partial charge in [0.05, 0.1) is 13.3 Å². The van der Waals surface area contributed by atoms with Gasteiger partial charge in [0.1, 0.15) is 18.2 Å². The summed E-state index contributed by atoms with van der Waals surface area (Å²) in [6, 6.07) is 1.69. The fraction of sp³-hybridized carbons (Fsp3) is 0.167. The Labute approximate surface area is 69.1 Å². The molecule has 0 N–H and O–H groups in total. The molecule has 0 saturated carbocycles. The Bertz CT molecular complexity index is 241. The van der Waals surface area contributed by atoms with Gasteiger partial charge in [-0.05, 0) is 22.0 Å². The molecule has 1 aromatic heterocycles. The van der Waals surface area contributed by atoms with Crippen LogP contribution in [0.25, 0.3) is 0 Å². The monoisotopic (exact) mass is 197 g/mol. The van der Waals surface area contributed by atoms with Crippen LogP contribution in [-0.2, 0) is 0 Å². The van der Waals surface area contributed by atoms with Crippen molar-refractivity contribution in [3.63, 3.8) is 0 Å². The highest BCUT2D eigenvalue weighted by atomic mass is 79.9. The van der Waals surface area contributed by atoms with E-state index in [4.69, 9.17) is 12.6 Å². The first-order valence-corrected chi connectivity index (χ1v) is 3.48. The van der Waals surface area contributed by atoms with Crippen LogP contribution in [0.15, 0.2) is 16.9 Å². The maximum atomic E-state index is 5.54. The predicted molar refractivity (Wildman–Crippen MR) is 43.9 cm³/mol. The Hall–Kier alpha value is -0.505. The summed E-state index contributed by atoms with van der Waals surface area (Å²) in [5.74, 6) is 0.600. The Balaban J connectivity index is 3.07. The fourth-order valence-corrected chi connectivity index (χ4v) is 0.951. The van der Waals surface area contributed by atoms with Crippen LogP contribution < -0.4 is 10.2 Å². The van der Waals surface area contributed by atoms with Gasteiger partial charge in [-0.2, -0.15) is 0 Å². The number of ether oxygens (including phenoxy) is 1. The zero-order valence-corrected chi connectivity index (χ0v) is 7.05. The van der Waals surface area contributed by atoms with Gasteiger partial charge >= 0.3 is 0 Å². The first kappa shape index (κ1) is 7.60. The third-order valence-electron chi connectivity index (χ3n) is 1.08. The van der Waals surface area contributed by atoms with Crippen molar-refractivity contribution >= 4 is 29.2 Å². The summed E-state index contributed by atoms with van der Waals surface area (Å²) >= 11 is 3.18. The summed E-state index contributed by atoms with van der Waals surface area (Å²) < 4.78 is 5.61. The van der Waals surface area contributed by atoms with E-state index in [1.165, 1.54) is 0 Å². The summed E-state index contributed by atoms with van der Waals surface area (Å²) in [4.78, 5) is 3.92. The van der Waals surface area contributed by atoms with E-state index in [1.807, 2.05) is 0 Å². The quantitative estimate of drug-likeness (QED) is 0.487. The number of rotatable bonds is 1. The molecule has 1 heterocycles. The van der Waals surface area contributed by atoms with E-state index >= 15 is 0 Å². The van der Waals surface area contributed by atoms with Gasteiger partial charge in [0.15, 0.2) is 0 Å². The van der Waals surface area contributed by atoms with Crippen LogP contribution in [-0.4, -0.2) is 19.9 Å². The molecule has 0 spiro atoms. The van der Waals surface area contributed by atoms with Gasteiger partial charge in [0.2, 0.25) is 0 Å². The molecule has 1 aromatic rings. The number of methoxy groups -OCH3 is 1. The van der Waals surface area contributed by atoms with E-state index in [2.05, 4.69) is 20.9 Å². The number of hydrogen-bond acceptors (Lipinski definition) is 2. The van der Waals surface area contributed by atoms with Crippen molar-refractivity contribution in [2.75, 3.05) is 7.11 Å². The van der Waals surface area contributed by atoms with Gasteiger partial charge in [0.25, 0.3) is 0 Å². The third-order valence-corrected chi connectivity index (χ3v) is 1.52. The molecule has 0 aromatic carbocycles. The van der Waals surface area contributed by atoms with E-state index < -0.39 is 0 Å². The molecule has 2 radical (unpaired) electrons. The van der Waals surface area contributed by atoms with Crippen molar-refractivity contribution in [2.45, 2.75) is 0 Å². The molecule has 0 aliphatic carbocycles. The van der Waals surface area contributed by atoms with Crippen molar-refractivity contribution in [3.05, 3.63) is 16.9 Å². The van der Waals surface area contributed by atoms with E-state index in [-0.39, 0.29) is 0 Å². The molecule has 10 heavy (non-hydrogen) atoms. The molecule has 0 aliphatic rings. The molecule has 0 saturated heterocycles. The van der Waals surface area contributed by atoms with Gasteiger partial charge in [-0.1, -0.05) is 5.46 Å². The number of halogens is 1. The predicted octanol–water partition coefficient (Wildman–Crippen LogP) is 0.646. The van der Waals surface area contributed by atoms with Gasteiger partial charge in [-0.25, -0.2) is 4.98 Å². The zero-order valence-electron chi connectivity index (χ0n) is 5.47. The summed E-state index contributed by atoms with van der Waals surface area (Å²) in [7, 11) is 7.09. The average Bonchev–Trinajstić information content (AvgIpc) is 1.88. The van der Waals surface area contributed by atoms with Crippen LogP contribution in [0.3, 0.4) is 0 Å². The molecule has 50 valence electrons. The molecule has 0 amide bonds. The second-order valence-corrected chi connectivity index (χ2v) is 2.56. The second-order valence-electron chi connectivity index (χ2n) is 1.75. The number of aromatic nitrogens is 1. The standard InChI is InChI=1S/C6H5BBrNO/c1-10-5-3-9-6(8)2-4(5)7/h2-3H,1H3. The molecule has 0 aliphatic heterocycles. The van der Waals surface area contributed by atoms with Crippen molar-refractivity contribution in [3.8, 4) is 5.75 Å². The van der Waals surface area contributed by atoms with Gasteiger partial charge in [-0.15, -0.1) is 0 Å². The molecule has 0 unspecified atom stereocenters. The Morgan fingerprint density at radius 1 is 1.70 bits per heavy atom.